The number of phenolic OH excluding ortho intramolecular Hbond substituents is 1. The van der Waals surface area contributed by atoms with Crippen LogP contribution in [0.5, 0.6) is 5.75 Å². The second kappa shape index (κ2) is 8.50. The van der Waals surface area contributed by atoms with Crippen LogP contribution in [0.3, 0.4) is 0 Å². The molecule has 23 heavy (non-hydrogen) atoms. The van der Waals surface area contributed by atoms with Gasteiger partial charge in [-0.1, -0.05) is 6.07 Å². The highest BCUT2D eigenvalue weighted by atomic mass is 16.5. The summed E-state index contributed by atoms with van der Waals surface area (Å²) >= 11 is 0. The Balaban J connectivity index is 1.79. The molecule has 0 aromatic heterocycles. The summed E-state index contributed by atoms with van der Waals surface area (Å²) in [4.78, 5) is 27.9. The van der Waals surface area contributed by atoms with Crippen molar-refractivity contribution in [2.24, 2.45) is 0 Å². The molecule has 0 atom stereocenters. The van der Waals surface area contributed by atoms with Crippen LogP contribution < -0.4 is 5.32 Å². The molecule has 7 heteroatoms. The summed E-state index contributed by atoms with van der Waals surface area (Å²) < 4.78 is 4.91. The number of amides is 2. The summed E-state index contributed by atoms with van der Waals surface area (Å²) in [5.74, 6) is -0.0106. The van der Waals surface area contributed by atoms with Crippen LogP contribution in [0.15, 0.2) is 24.3 Å². The molecule has 2 amide bonds. The molecule has 1 saturated heterocycles. The monoisotopic (exact) mass is 321 g/mol. The third-order valence-corrected chi connectivity index (χ3v) is 3.77. The number of methoxy groups -OCH3 is 1. The first-order chi connectivity index (χ1) is 11.1. The lowest BCUT2D eigenvalue weighted by atomic mass is 10.1. The number of piperazine rings is 1. The molecule has 2 rings (SSSR count). The van der Waals surface area contributed by atoms with Gasteiger partial charge in [0.15, 0.2) is 0 Å². The zero-order valence-electron chi connectivity index (χ0n) is 13.3. The summed E-state index contributed by atoms with van der Waals surface area (Å²) in [6, 6.07) is 6.32. The molecule has 0 aliphatic carbocycles. The van der Waals surface area contributed by atoms with Crippen molar-refractivity contribution in [3.63, 3.8) is 0 Å². The molecule has 126 valence electrons. The number of hydrogen-bond donors (Lipinski definition) is 2. The van der Waals surface area contributed by atoms with Crippen LogP contribution in [-0.2, 0) is 9.53 Å². The van der Waals surface area contributed by atoms with Gasteiger partial charge in [0.25, 0.3) is 5.91 Å². The molecular weight excluding hydrogens is 298 g/mol. The van der Waals surface area contributed by atoms with Crippen LogP contribution in [0.25, 0.3) is 0 Å². The molecule has 0 bridgehead atoms. The van der Waals surface area contributed by atoms with E-state index in [4.69, 9.17) is 4.74 Å². The van der Waals surface area contributed by atoms with Gasteiger partial charge in [-0.05, 0) is 18.2 Å². The summed E-state index contributed by atoms with van der Waals surface area (Å²) in [6.07, 6.45) is 0. The summed E-state index contributed by atoms with van der Waals surface area (Å²) in [7, 11) is 1.62. The number of phenols is 1. The topological polar surface area (TPSA) is 82.1 Å². The normalized spacial score (nSPS) is 14.8. The van der Waals surface area contributed by atoms with Crippen LogP contribution in [0.2, 0.25) is 0 Å². The Kier molecular flexibility index (Phi) is 6.37. The van der Waals surface area contributed by atoms with E-state index >= 15 is 0 Å². The van der Waals surface area contributed by atoms with E-state index in [1.165, 1.54) is 12.1 Å². The minimum atomic E-state index is -0.119. The van der Waals surface area contributed by atoms with Crippen LogP contribution in [0.4, 0.5) is 0 Å². The Bertz CT molecular complexity index is 542. The van der Waals surface area contributed by atoms with Gasteiger partial charge in [0, 0.05) is 45.4 Å². The number of hydrogen-bond acceptors (Lipinski definition) is 5. The van der Waals surface area contributed by atoms with Crippen molar-refractivity contribution in [1.29, 1.82) is 0 Å². The zero-order chi connectivity index (χ0) is 16.7. The van der Waals surface area contributed by atoms with Gasteiger partial charge in [-0.15, -0.1) is 0 Å². The van der Waals surface area contributed by atoms with Crippen LogP contribution in [0.1, 0.15) is 10.4 Å². The first-order valence-corrected chi connectivity index (χ1v) is 7.67. The predicted molar refractivity (Wildman–Crippen MR) is 85.3 cm³/mol. The first kappa shape index (κ1) is 17.2. The maximum absolute atomic E-state index is 12.4. The summed E-state index contributed by atoms with van der Waals surface area (Å²) in [6.45, 7) is 3.53. The Labute approximate surface area is 135 Å². The van der Waals surface area contributed by atoms with Gasteiger partial charge in [-0.2, -0.15) is 0 Å². The van der Waals surface area contributed by atoms with Crippen molar-refractivity contribution >= 4 is 11.8 Å². The zero-order valence-corrected chi connectivity index (χ0v) is 13.3. The van der Waals surface area contributed by atoms with Crippen molar-refractivity contribution in [2.75, 3.05) is 53.0 Å². The maximum Gasteiger partial charge on any atom is 0.254 e. The molecule has 1 aromatic rings. The van der Waals surface area contributed by atoms with Crippen LogP contribution >= 0.6 is 0 Å². The quantitative estimate of drug-likeness (QED) is 0.716. The van der Waals surface area contributed by atoms with Gasteiger partial charge >= 0.3 is 0 Å². The number of benzene rings is 1. The minimum absolute atomic E-state index is 0.0329. The fraction of sp³-hybridized carbons (Fsp3) is 0.500. The Morgan fingerprint density at radius 1 is 1.22 bits per heavy atom. The van der Waals surface area contributed by atoms with Crippen molar-refractivity contribution in [2.45, 2.75) is 0 Å². The van der Waals surface area contributed by atoms with E-state index in [0.29, 0.717) is 44.9 Å². The SMILES string of the molecule is COCCNCC(=O)N1CCN(C(=O)c2cccc(O)c2)CC1. The van der Waals surface area contributed by atoms with Crippen molar-refractivity contribution < 1.29 is 19.4 Å². The number of rotatable bonds is 6. The molecule has 1 aliphatic rings. The average Bonchev–Trinajstić information content (AvgIpc) is 2.58. The second-order valence-electron chi connectivity index (χ2n) is 5.39. The van der Waals surface area contributed by atoms with E-state index in [0.717, 1.165) is 0 Å². The van der Waals surface area contributed by atoms with E-state index < -0.39 is 0 Å². The molecule has 0 saturated carbocycles. The number of carbonyl (C=O) groups is 2. The number of nitrogens with zero attached hydrogens (tertiary/aromatic N) is 2. The first-order valence-electron chi connectivity index (χ1n) is 7.67. The third kappa shape index (κ3) is 4.94. The molecule has 7 nitrogen and oxygen atoms in total. The number of ether oxygens (including phenoxy) is 1. The molecule has 2 N–H and O–H groups in total. The van der Waals surface area contributed by atoms with Gasteiger partial charge in [0.2, 0.25) is 5.91 Å². The van der Waals surface area contributed by atoms with Crippen LogP contribution in [0, 0.1) is 0 Å². The molecule has 1 fully saturated rings. The molecule has 1 heterocycles. The number of carbonyl (C=O) groups excluding carboxylic acids is 2. The highest BCUT2D eigenvalue weighted by Gasteiger charge is 2.24. The van der Waals surface area contributed by atoms with E-state index in [1.807, 2.05) is 0 Å². The molecular formula is C16H23N3O4. The third-order valence-electron chi connectivity index (χ3n) is 3.77. The smallest absolute Gasteiger partial charge is 0.254 e. The molecule has 1 aliphatic heterocycles. The minimum Gasteiger partial charge on any atom is -0.508 e. The van der Waals surface area contributed by atoms with Crippen LogP contribution in [-0.4, -0.2) is 79.7 Å². The van der Waals surface area contributed by atoms with Crippen molar-refractivity contribution in [3.05, 3.63) is 29.8 Å². The Morgan fingerprint density at radius 3 is 2.57 bits per heavy atom. The van der Waals surface area contributed by atoms with E-state index in [9.17, 15) is 14.7 Å². The van der Waals surface area contributed by atoms with Gasteiger partial charge in [0.05, 0.1) is 13.2 Å². The number of aromatic hydroxyl groups is 1. The standard InChI is InChI=1S/C16H23N3O4/c1-23-10-5-17-12-15(21)18-6-8-19(9-7-18)16(22)13-3-2-4-14(20)11-13/h2-4,11,17,20H,5-10,12H2,1H3. The highest BCUT2D eigenvalue weighted by molar-refractivity contribution is 5.94. The maximum atomic E-state index is 12.4. The fourth-order valence-corrected chi connectivity index (χ4v) is 2.46. The summed E-state index contributed by atoms with van der Waals surface area (Å²) in [5, 5.41) is 12.5. The van der Waals surface area contributed by atoms with E-state index in [1.54, 1.807) is 29.0 Å². The van der Waals surface area contributed by atoms with Crippen molar-refractivity contribution in [3.8, 4) is 5.75 Å². The second-order valence-corrected chi connectivity index (χ2v) is 5.39. The van der Waals surface area contributed by atoms with E-state index in [2.05, 4.69) is 5.32 Å². The molecule has 0 radical (unpaired) electrons. The van der Waals surface area contributed by atoms with E-state index in [-0.39, 0.29) is 24.1 Å². The van der Waals surface area contributed by atoms with Gasteiger partial charge in [0.1, 0.15) is 5.75 Å². The average molecular weight is 321 g/mol. The highest BCUT2D eigenvalue weighted by Crippen LogP contribution is 2.14. The fourth-order valence-electron chi connectivity index (χ4n) is 2.46. The van der Waals surface area contributed by atoms with Crippen molar-refractivity contribution in [1.82, 2.24) is 15.1 Å². The van der Waals surface area contributed by atoms with Gasteiger partial charge in [-0.25, -0.2) is 0 Å². The lowest BCUT2D eigenvalue weighted by Gasteiger charge is -2.35. The predicted octanol–water partition coefficient (Wildman–Crippen LogP) is -0.0874. The molecule has 1 aromatic carbocycles. The molecule has 0 unspecified atom stereocenters. The largest absolute Gasteiger partial charge is 0.508 e. The number of nitrogens with one attached hydrogen (secondary N) is 1. The Hall–Kier alpha value is -2.12. The molecule has 0 spiro atoms. The van der Waals surface area contributed by atoms with Gasteiger partial charge in [-0.3, -0.25) is 9.59 Å². The Morgan fingerprint density at radius 2 is 1.91 bits per heavy atom. The summed E-state index contributed by atoms with van der Waals surface area (Å²) in [5.41, 5.74) is 0.464. The lowest BCUT2D eigenvalue weighted by Crippen LogP contribution is -2.52. The van der Waals surface area contributed by atoms with Gasteiger partial charge < -0.3 is 25.0 Å². The lowest BCUT2D eigenvalue weighted by molar-refractivity contribution is -0.131.